The summed E-state index contributed by atoms with van der Waals surface area (Å²) in [5, 5.41) is 29.7. The molecular formula is C21H27N5O5S2. The van der Waals surface area contributed by atoms with Crippen LogP contribution < -0.4 is 11.1 Å². The van der Waals surface area contributed by atoms with E-state index in [9.17, 15) is 24.6 Å². The van der Waals surface area contributed by atoms with E-state index in [1.165, 1.54) is 29.6 Å². The number of aromatic nitrogens is 2. The van der Waals surface area contributed by atoms with Gasteiger partial charge in [-0.05, 0) is 31.7 Å². The Morgan fingerprint density at radius 1 is 1.27 bits per heavy atom. The number of β-lactam (4-membered cyclic amide) rings is 1. The highest BCUT2D eigenvalue weighted by molar-refractivity contribution is 8.00. The van der Waals surface area contributed by atoms with Crippen LogP contribution in [0.4, 0.5) is 0 Å². The molecule has 0 saturated carbocycles. The number of carboxylic acid groups (broad SMARTS) is 1. The zero-order valence-corrected chi connectivity index (χ0v) is 19.7. The highest BCUT2D eigenvalue weighted by Crippen LogP contribution is 2.44. The van der Waals surface area contributed by atoms with Gasteiger partial charge in [-0.1, -0.05) is 11.1 Å². The van der Waals surface area contributed by atoms with Crippen molar-refractivity contribution in [3.8, 4) is 5.88 Å². The molecular weight excluding hydrogens is 466 g/mol. The topological polar surface area (TPSA) is 159 Å². The summed E-state index contributed by atoms with van der Waals surface area (Å²) in [7, 11) is 0. The molecule has 3 heterocycles. The Hall–Kier alpha value is -2.31. The van der Waals surface area contributed by atoms with Crippen LogP contribution in [0.25, 0.3) is 0 Å². The number of hydrogen-bond donors (Lipinski definition) is 4. The Morgan fingerprint density at radius 2 is 2.03 bits per heavy atom. The Bertz CT molecular complexity index is 972. The number of nitrogens with one attached hydrogen (secondary N) is 1. The van der Waals surface area contributed by atoms with Crippen molar-refractivity contribution in [1.82, 2.24) is 20.4 Å². The lowest BCUT2D eigenvalue weighted by Gasteiger charge is -2.53. The first-order valence-electron chi connectivity index (χ1n) is 10.8. The van der Waals surface area contributed by atoms with Gasteiger partial charge in [0.15, 0.2) is 0 Å². The number of thioether (sulfide) groups is 2. The van der Waals surface area contributed by atoms with Gasteiger partial charge in [0.1, 0.15) is 21.9 Å². The zero-order valence-electron chi connectivity index (χ0n) is 18.0. The van der Waals surface area contributed by atoms with Gasteiger partial charge in [-0.25, -0.2) is 0 Å². The molecule has 2 saturated heterocycles. The fourth-order valence-electron chi connectivity index (χ4n) is 4.42. The second kappa shape index (κ2) is 9.90. The van der Waals surface area contributed by atoms with Crippen LogP contribution in [0.2, 0.25) is 0 Å². The predicted molar refractivity (Wildman–Crippen MR) is 124 cm³/mol. The lowest BCUT2D eigenvalue weighted by Crippen LogP contribution is -2.74. The molecule has 0 spiro atoms. The van der Waals surface area contributed by atoms with Crippen LogP contribution in [0, 0.1) is 5.41 Å². The molecule has 10 nitrogen and oxygen atoms in total. The number of carbonyl (C=O) groups excluding carboxylic acids is 2. The van der Waals surface area contributed by atoms with Gasteiger partial charge in [-0.2, -0.15) is 0 Å². The second-order valence-electron chi connectivity index (χ2n) is 8.61. The van der Waals surface area contributed by atoms with E-state index in [-0.39, 0.29) is 41.8 Å². The molecule has 2 unspecified atom stereocenters. The quantitative estimate of drug-likeness (QED) is 0.233. The van der Waals surface area contributed by atoms with Crippen LogP contribution in [0.15, 0.2) is 28.3 Å². The third-order valence-corrected chi connectivity index (χ3v) is 9.16. The Morgan fingerprint density at radius 3 is 2.70 bits per heavy atom. The first-order valence-corrected chi connectivity index (χ1v) is 12.9. The number of hydrogen-bond acceptors (Lipinski definition) is 9. The summed E-state index contributed by atoms with van der Waals surface area (Å²) in [5.41, 5.74) is 6.90. The molecule has 0 radical (unpaired) electrons. The molecule has 0 aromatic carbocycles. The van der Waals surface area contributed by atoms with Crippen LogP contribution in [0.3, 0.4) is 0 Å². The van der Waals surface area contributed by atoms with Crippen LogP contribution >= 0.6 is 23.5 Å². The summed E-state index contributed by atoms with van der Waals surface area (Å²) in [6.07, 6.45) is 4.20. The smallest absolute Gasteiger partial charge is 0.313 e. The van der Waals surface area contributed by atoms with Gasteiger partial charge in [-0.15, -0.1) is 33.7 Å². The molecule has 2 fully saturated rings. The number of carboxylic acids is 1. The number of amides is 2. The highest BCUT2D eigenvalue weighted by atomic mass is 32.2. The number of rotatable bonds is 8. The fourth-order valence-corrected chi connectivity index (χ4v) is 7.09. The number of nitrogens with zero attached hydrogens (tertiary/aromatic N) is 3. The molecule has 5 N–H and O–H groups in total. The molecule has 4 rings (SSSR count). The minimum absolute atomic E-state index is 0.0756. The first kappa shape index (κ1) is 23.8. The van der Waals surface area contributed by atoms with Crippen molar-refractivity contribution in [2.75, 3.05) is 24.6 Å². The van der Waals surface area contributed by atoms with E-state index >= 15 is 0 Å². The lowest BCUT2D eigenvalue weighted by molar-refractivity contribution is -0.157. The van der Waals surface area contributed by atoms with Gasteiger partial charge in [-0.3, -0.25) is 14.4 Å². The van der Waals surface area contributed by atoms with Crippen LogP contribution in [-0.4, -0.2) is 79.1 Å². The summed E-state index contributed by atoms with van der Waals surface area (Å²) < 4.78 is 0. The monoisotopic (exact) mass is 493 g/mol. The van der Waals surface area contributed by atoms with Gasteiger partial charge in [0.05, 0.1) is 0 Å². The van der Waals surface area contributed by atoms with Crippen molar-refractivity contribution < 1.29 is 24.6 Å². The molecule has 3 atom stereocenters. The van der Waals surface area contributed by atoms with Crippen molar-refractivity contribution in [3.05, 3.63) is 23.3 Å². The highest BCUT2D eigenvalue weighted by Gasteiger charge is 2.57. The maximum atomic E-state index is 12.8. The Labute approximate surface area is 199 Å². The predicted octanol–water partition coefficient (Wildman–Crippen LogP) is 0.965. The average molecular weight is 494 g/mol. The van der Waals surface area contributed by atoms with Crippen molar-refractivity contribution in [2.45, 2.75) is 48.5 Å². The maximum absolute atomic E-state index is 12.8. The van der Waals surface area contributed by atoms with E-state index < -0.39 is 17.4 Å². The average Bonchev–Trinajstić information content (AvgIpc) is 2.82. The van der Waals surface area contributed by atoms with E-state index in [1.54, 1.807) is 11.0 Å². The van der Waals surface area contributed by atoms with Crippen LogP contribution in [0.5, 0.6) is 5.88 Å². The van der Waals surface area contributed by atoms with Gasteiger partial charge >= 0.3 is 5.97 Å². The number of aromatic hydroxyl groups is 1. The maximum Gasteiger partial charge on any atom is 0.313 e. The van der Waals surface area contributed by atoms with E-state index in [0.29, 0.717) is 17.3 Å². The summed E-state index contributed by atoms with van der Waals surface area (Å²) in [6, 6.07) is 2.33. The standard InChI is InChI=1S/C21H27N5O5S2/c22-8-13-4-2-1-3-12(13)7-15(28)23-17-18(29)26-9-21(20(30)31,11-33-19(17)26)10-32-16-6-5-14(27)24-25-16/h5-6,17,19H,1-4,7-11,22H2,(H,23,28)(H,24,27)(H,30,31)/t17?,19-,21?/m1/s1. The van der Waals surface area contributed by atoms with Gasteiger partial charge < -0.3 is 26.2 Å². The second-order valence-corrected chi connectivity index (χ2v) is 10.7. The van der Waals surface area contributed by atoms with Crippen LogP contribution in [-0.2, 0) is 14.4 Å². The molecule has 3 aliphatic rings. The van der Waals surface area contributed by atoms with Crippen LogP contribution in [0.1, 0.15) is 32.1 Å². The van der Waals surface area contributed by atoms with E-state index in [2.05, 4.69) is 15.5 Å². The molecule has 1 aromatic rings. The zero-order chi connectivity index (χ0) is 23.6. The Balaban J connectivity index is 1.36. The molecule has 12 heteroatoms. The fraction of sp³-hybridized carbons (Fsp3) is 0.571. The number of carbonyl (C=O) groups is 3. The van der Waals surface area contributed by atoms with Crippen molar-refractivity contribution in [1.29, 1.82) is 0 Å². The minimum Gasteiger partial charge on any atom is -0.492 e. The molecule has 1 aliphatic carbocycles. The number of nitrogens with two attached hydrogens (primary N) is 1. The summed E-state index contributed by atoms with van der Waals surface area (Å²) >= 11 is 2.60. The number of fused-ring (bicyclic) bond motifs is 1. The first-order chi connectivity index (χ1) is 15.8. The van der Waals surface area contributed by atoms with E-state index in [1.807, 2.05) is 0 Å². The van der Waals surface area contributed by atoms with Gasteiger partial charge in [0.2, 0.25) is 17.7 Å². The van der Waals surface area contributed by atoms with E-state index in [4.69, 9.17) is 5.73 Å². The normalized spacial score (nSPS) is 27.1. The summed E-state index contributed by atoms with van der Waals surface area (Å²) in [4.78, 5) is 39.1. The molecule has 2 aliphatic heterocycles. The third kappa shape index (κ3) is 4.97. The largest absolute Gasteiger partial charge is 0.492 e. The van der Waals surface area contributed by atoms with Crippen molar-refractivity contribution >= 4 is 41.3 Å². The molecule has 0 bridgehead atoms. The Kier molecular flexibility index (Phi) is 7.15. The summed E-state index contributed by atoms with van der Waals surface area (Å²) in [6.45, 7) is 0.536. The van der Waals surface area contributed by atoms with Crippen molar-refractivity contribution in [2.24, 2.45) is 11.1 Å². The lowest BCUT2D eigenvalue weighted by atomic mass is 9.88. The summed E-state index contributed by atoms with van der Waals surface area (Å²) in [5.74, 6) is -1.11. The van der Waals surface area contributed by atoms with E-state index in [0.717, 1.165) is 36.8 Å². The number of aliphatic carboxylic acids is 1. The third-order valence-electron chi connectivity index (χ3n) is 6.36. The van der Waals surface area contributed by atoms with Gasteiger partial charge in [0, 0.05) is 37.1 Å². The van der Waals surface area contributed by atoms with Gasteiger partial charge in [0.25, 0.3) is 0 Å². The minimum atomic E-state index is -1.14. The SMILES string of the molecule is NCC1=C(CC(=O)NC2C(=O)N3CC(CSc4ccc(O)nn4)(C(=O)O)CS[C@H]23)CCCC1. The molecule has 2 amide bonds. The molecule has 33 heavy (non-hydrogen) atoms. The van der Waals surface area contributed by atoms with Crippen molar-refractivity contribution in [3.63, 3.8) is 0 Å². The molecule has 1 aromatic heterocycles. The molecule has 178 valence electrons.